The van der Waals surface area contributed by atoms with E-state index in [-0.39, 0.29) is 11.9 Å². The number of benzene rings is 1. The maximum Gasteiger partial charge on any atom is 0.124 e. The van der Waals surface area contributed by atoms with Gasteiger partial charge in [-0.15, -0.1) is 0 Å². The highest BCUT2D eigenvalue weighted by molar-refractivity contribution is 9.10. The summed E-state index contributed by atoms with van der Waals surface area (Å²) in [5.41, 5.74) is 7.18. The third-order valence-corrected chi connectivity index (χ3v) is 3.78. The molecule has 1 fully saturated rings. The van der Waals surface area contributed by atoms with Crippen LogP contribution in [0.5, 0.6) is 0 Å². The van der Waals surface area contributed by atoms with Crippen LogP contribution >= 0.6 is 15.9 Å². The third kappa shape index (κ3) is 2.81. The number of hydrogen-bond donors (Lipinski definition) is 1. The smallest absolute Gasteiger partial charge is 0.124 e. The van der Waals surface area contributed by atoms with Crippen LogP contribution in [0.1, 0.15) is 12.0 Å². The van der Waals surface area contributed by atoms with Crippen LogP contribution in [0.4, 0.5) is 4.39 Å². The second-order valence-corrected chi connectivity index (χ2v) is 5.08. The first-order valence-electron chi connectivity index (χ1n) is 5.44. The first-order valence-corrected chi connectivity index (χ1v) is 6.23. The van der Waals surface area contributed by atoms with Crippen LogP contribution in [0, 0.1) is 11.7 Å². The van der Waals surface area contributed by atoms with E-state index in [1.54, 1.807) is 6.07 Å². The molecule has 2 N–H and O–H groups in total. The van der Waals surface area contributed by atoms with Gasteiger partial charge < -0.3 is 10.5 Å². The topological polar surface area (TPSA) is 35.2 Å². The lowest BCUT2D eigenvalue weighted by Crippen LogP contribution is -2.32. The van der Waals surface area contributed by atoms with Crippen LogP contribution in [0.25, 0.3) is 0 Å². The maximum absolute atomic E-state index is 12.9. The quantitative estimate of drug-likeness (QED) is 0.927. The van der Waals surface area contributed by atoms with Crippen molar-refractivity contribution in [3.63, 3.8) is 0 Å². The molecule has 88 valence electrons. The summed E-state index contributed by atoms with van der Waals surface area (Å²) in [5.74, 6) is 0.199. The van der Waals surface area contributed by atoms with Gasteiger partial charge in [0.15, 0.2) is 0 Å². The van der Waals surface area contributed by atoms with Gasteiger partial charge in [0.2, 0.25) is 0 Å². The Kier molecular flexibility index (Phi) is 3.95. The van der Waals surface area contributed by atoms with Crippen LogP contribution in [-0.4, -0.2) is 19.3 Å². The lowest BCUT2D eigenvalue weighted by molar-refractivity contribution is 0.180. The first kappa shape index (κ1) is 12.0. The first-order chi connectivity index (χ1) is 7.66. The van der Waals surface area contributed by atoms with Gasteiger partial charge in [0.05, 0.1) is 6.61 Å². The van der Waals surface area contributed by atoms with E-state index in [2.05, 4.69) is 15.9 Å². The minimum absolute atomic E-state index is 0.0873. The van der Waals surface area contributed by atoms with Crippen molar-refractivity contribution in [2.45, 2.75) is 18.9 Å². The molecule has 0 aromatic heterocycles. The zero-order chi connectivity index (χ0) is 11.5. The van der Waals surface area contributed by atoms with Crippen molar-refractivity contribution in [3.8, 4) is 0 Å². The molecule has 0 aliphatic carbocycles. The summed E-state index contributed by atoms with van der Waals surface area (Å²) in [6, 6.07) is 4.82. The Balaban J connectivity index is 2.02. The van der Waals surface area contributed by atoms with Crippen LogP contribution in [0.2, 0.25) is 0 Å². The maximum atomic E-state index is 12.9. The average Bonchev–Trinajstić information content (AvgIpc) is 2.75. The molecule has 2 nitrogen and oxygen atoms in total. The normalized spacial score (nSPS) is 22.3. The summed E-state index contributed by atoms with van der Waals surface area (Å²) in [6.07, 6.45) is 1.79. The zero-order valence-electron chi connectivity index (χ0n) is 8.96. The minimum Gasteiger partial charge on any atom is -0.381 e. The van der Waals surface area contributed by atoms with Gasteiger partial charge in [0, 0.05) is 17.1 Å². The SMILES string of the molecule is NC(Cc1ccc(F)cc1Br)C1CCOC1. The molecule has 2 rings (SSSR count). The Bertz CT molecular complexity index is 366. The molecular formula is C12H15BrFNO. The van der Waals surface area contributed by atoms with E-state index in [0.717, 1.165) is 36.1 Å². The van der Waals surface area contributed by atoms with E-state index in [0.29, 0.717) is 5.92 Å². The number of ether oxygens (including phenoxy) is 1. The van der Waals surface area contributed by atoms with E-state index < -0.39 is 0 Å². The summed E-state index contributed by atoms with van der Waals surface area (Å²) in [6.45, 7) is 1.56. The van der Waals surface area contributed by atoms with Crippen molar-refractivity contribution in [2.24, 2.45) is 11.7 Å². The van der Waals surface area contributed by atoms with Crippen molar-refractivity contribution in [3.05, 3.63) is 34.1 Å². The van der Waals surface area contributed by atoms with Gasteiger partial charge in [-0.2, -0.15) is 0 Å². The van der Waals surface area contributed by atoms with Crippen LogP contribution in [-0.2, 0) is 11.2 Å². The van der Waals surface area contributed by atoms with E-state index in [9.17, 15) is 4.39 Å². The zero-order valence-corrected chi connectivity index (χ0v) is 10.5. The molecule has 1 aliphatic rings. The van der Waals surface area contributed by atoms with Crippen molar-refractivity contribution in [1.82, 2.24) is 0 Å². The molecule has 0 spiro atoms. The Labute approximate surface area is 103 Å². The average molecular weight is 288 g/mol. The van der Waals surface area contributed by atoms with Gasteiger partial charge in [-0.3, -0.25) is 0 Å². The van der Waals surface area contributed by atoms with Crippen LogP contribution in [0.15, 0.2) is 22.7 Å². The fourth-order valence-electron chi connectivity index (χ4n) is 2.00. The number of hydrogen-bond acceptors (Lipinski definition) is 2. The second-order valence-electron chi connectivity index (χ2n) is 4.23. The van der Waals surface area contributed by atoms with E-state index in [1.807, 2.05) is 0 Å². The number of halogens is 2. The summed E-state index contributed by atoms with van der Waals surface area (Å²) < 4.78 is 19.0. The summed E-state index contributed by atoms with van der Waals surface area (Å²) in [4.78, 5) is 0. The number of rotatable bonds is 3. The summed E-state index contributed by atoms with van der Waals surface area (Å²) >= 11 is 3.36. The third-order valence-electron chi connectivity index (χ3n) is 3.04. The molecule has 1 aliphatic heterocycles. The molecule has 1 saturated heterocycles. The lowest BCUT2D eigenvalue weighted by Gasteiger charge is -2.18. The highest BCUT2D eigenvalue weighted by atomic mass is 79.9. The fraction of sp³-hybridized carbons (Fsp3) is 0.500. The van der Waals surface area contributed by atoms with Gasteiger partial charge in [-0.05, 0) is 36.5 Å². The largest absolute Gasteiger partial charge is 0.381 e. The Morgan fingerprint density at radius 1 is 1.56 bits per heavy atom. The number of nitrogens with two attached hydrogens (primary N) is 1. The fourth-order valence-corrected chi connectivity index (χ4v) is 2.51. The van der Waals surface area contributed by atoms with Gasteiger partial charge in [-0.25, -0.2) is 4.39 Å². The molecule has 16 heavy (non-hydrogen) atoms. The van der Waals surface area contributed by atoms with Crippen molar-refractivity contribution >= 4 is 15.9 Å². The summed E-state index contributed by atoms with van der Waals surface area (Å²) in [7, 11) is 0. The predicted molar refractivity (Wildman–Crippen MR) is 64.7 cm³/mol. The molecule has 0 radical (unpaired) electrons. The van der Waals surface area contributed by atoms with Crippen molar-refractivity contribution in [2.75, 3.05) is 13.2 Å². The predicted octanol–water partition coefficient (Wildman–Crippen LogP) is 2.49. The van der Waals surface area contributed by atoms with E-state index in [1.165, 1.54) is 12.1 Å². The van der Waals surface area contributed by atoms with Gasteiger partial charge in [-0.1, -0.05) is 22.0 Å². The molecule has 1 heterocycles. The van der Waals surface area contributed by atoms with Crippen molar-refractivity contribution in [1.29, 1.82) is 0 Å². The molecule has 0 saturated carbocycles. The van der Waals surface area contributed by atoms with Crippen LogP contribution in [0.3, 0.4) is 0 Å². The minimum atomic E-state index is -0.228. The van der Waals surface area contributed by atoms with Gasteiger partial charge >= 0.3 is 0 Å². The lowest BCUT2D eigenvalue weighted by atomic mass is 9.94. The highest BCUT2D eigenvalue weighted by Crippen LogP contribution is 2.23. The molecule has 2 atom stereocenters. The summed E-state index contributed by atoms with van der Waals surface area (Å²) in [5, 5.41) is 0. The highest BCUT2D eigenvalue weighted by Gasteiger charge is 2.23. The molecule has 1 aromatic rings. The Morgan fingerprint density at radius 3 is 3.00 bits per heavy atom. The monoisotopic (exact) mass is 287 g/mol. The van der Waals surface area contributed by atoms with E-state index in [4.69, 9.17) is 10.5 Å². The van der Waals surface area contributed by atoms with E-state index >= 15 is 0 Å². The molecule has 1 aromatic carbocycles. The van der Waals surface area contributed by atoms with Crippen molar-refractivity contribution < 1.29 is 9.13 Å². The van der Waals surface area contributed by atoms with Gasteiger partial charge in [0.1, 0.15) is 5.82 Å². The Morgan fingerprint density at radius 2 is 2.38 bits per heavy atom. The standard InChI is InChI=1S/C12H15BrFNO/c13-11-6-10(14)2-1-8(11)5-12(15)9-3-4-16-7-9/h1-2,6,9,12H,3-5,7,15H2. The Hall–Kier alpha value is -0.450. The molecule has 4 heteroatoms. The molecular weight excluding hydrogens is 273 g/mol. The molecule has 0 bridgehead atoms. The second kappa shape index (κ2) is 5.25. The molecule has 0 amide bonds. The van der Waals surface area contributed by atoms with Gasteiger partial charge in [0.25, 0.3) is 0 Å². The van der Waals surface area contributed by atoms with Crippen LogP contribution < -0.4 is 5.73 Å². The molecule has 2 unspecified atom stereocenters.